The number of aromatic hydroxyl groups is 1. The summed E-state index contributed by atoms with van der Waals surface area (Å²) >= 11 is 0. The number of phenolic OH excluding ortho intramolecular Hbond substituents is 1. The van der Waals surface area contributed by atoms with Crippen molar-refractivity contribution in [3.05, 3.63) is 35.4 Å². The molecule has 30 heavy (non-hydrogen) atoms. The van der Waals surface area contributed by atoms with Crippen LogP contribution >= 0.6 is 0 Å². The highest BCUT2D eigenvalue weighted by atomic mass is 19.4. The zero-order chi connectivity index (χ0) is 22.1. The smallest absolute Gasteiger partial charge is 0.416 e. The Hall–Kier alpha value is -2.92. The Morgan fingerprint density at radius 2 is 2.00 bits per heavy atom. The van der Waals surface area contributed by atoms with E-state index in [0.29, 0.717) is 36.8 Å². The quantitative estimate of drug-likeness (QED) is 0.492. The Kier molecular flexibility index (Phi) is 6.13. The molecule has 0 amide bonds. The minimum atomic E-state index is -4.56. The van der Waals surface area contributed by atoms with Crippen LogP contribution in [0.1, 0.15) is 24.0 Å². The fourth-order valence-electron chi connectivity index (χ4n) is 3.38. The van der Waals surface area contributed by atoms with E-state index in [1.54, 1.807) is 13.0 Å². The Morgan fingerprint density at radius 3 is 2.53 bits per heavy atom. The summed E-state index contributed by atoms with van der Waals surface area (Å²) in [5.41, 5.74) is 0.0526. The van der Waals surface area contributed by atoms with Gasteiger partial charge < -0.3 is 26.0 Å². The Balaban J connectivity index is 1.69. The molecule has 3 unspecified atom stereocenters. The van der Waals surface area contributed by atoms with E-state index < -0.39 is 35.6 Å². The molecule has 0 saturated carbocycles. The maximum atomic E-state index is 12.8. The van der Waals surface area contributed by atoms with E-state index in [0.717, 1.165) is 12.1 Å². The first-order valence-electron chi connectivity index (χ1n) is 9.22. The summed E-state index contributed by atoms with van der Waals surface area (Å²) in [7, 11) is 0. The molecule has 2 aromatic rings. The largest absolute Gasteiger partial charge is 0.507 e. The molecule has 11 heteroatoms. The molecule has 3 rings (SSSR count). The molecule has 1 aliphatic heterocycles. The van der Waals surface area contributed by atoms with Gasteiger partial charge in [0.25, 0.3) is 0 Å². The summed E-state index contributed by atoms with van der Waals surface area (Å²) in [6, 6.07) is 3.74. The number of carbonyl (C=O) groups is 1. The molecule has 0 bridgehead atoms. The lowest BCUT2D eigenvalue weighted by atomic mass is 9.96. The lowest BCUT2D eigenvalue weighted by Crippen LogP contribution is -2.52. The number of rotatable bonds is 5. The van der Waals surface area contributed by atoms with E-state index in [2.05, 4.69) is 20.8 Å². The van der Waals surface area contributed by atoms with Gasteiger partial charge in [-0.1, -0.05) is 0 Å². The molecule has 1 saturated heterocycles. The van der Waals surface area contributed by atoms with E-state index in [-0.39, 0.29) is 17.3 Å². The fraction of sp³-hybridized carbons (Fsp3) is 0.421. The van der Waals surface area contributed by atoms with E-state index in [9.17, 15) is 28.2 Å². The second-order valence-corrected chi connectivity index (χ2v) is 7.21. The number of nitrogens with one attached hydrogen (secondary N) is 2. The summed E-state index contributed by atoms with van der Waals surface area (Å²) < 4.78 is 38.3. The maximum absolute atomic E-state index is 12.8. The van der Waals surface area contributed by atoms with Gasteiger partial charge >= 0.3 is 12.1 Å². The molecule has 1 fully saturated rings. The number of phenols is 1. The number of aliphatic hydroxyl groups is 1. The normalized spacial score (nSPS) is 20.6. The summed E-state index contributed by atoms with van der Waals surface area (Å²) in [5.74, 6) is -1.38. The number of alkyl halides is 3. The predicted octanol–water partition coefficient (Wildman–Crippen LogP) is 2.15. The van der Waals surface area contributed by atoms with Gasteiger partial charge in [-0.2, -0.15) is 13.2 Å². The number of piperidine rings is 1. The van der Waals surface area contributed by atoms with Crippen LogP contribution in [0.15, 0.2) is 24.3 Å². The molecular weight excluding hydrogens is 405 g/mol. The Labute approximate surface area is 169 Å². The van der Waals surface area contributed by atoms with Crippen molar-refractivity contribution >= 4 is 11.8 Å². The highest BCUT2D eigenvalue weighted by Gasteiger charge is 2.32. The van der Waals surface area contributed by atoms with Crippen LogP contribution in [0.25, 0.3) is 11.3 Å². The predicted molar refractivity (Wildman–Crippen MR) is 101 cm³/mol. The average molecular weight is 426 g/mol. The lowest BCUT2D eigenvalue weighted by Gasteiger charge is -2.31. The van der Waals surface area contributed by atoms with Crippen molar-refractivity contribution in [1.82, 2.24) is 15.5 Å². The molecule has 162 valence electrons. The van der Waals surface area contributed by atoms with Crippen molar-refractivity contribution in [1.29, 1.82) is 0 Å². The zero-order valence-corrected chi connectivity index (χ0v) is 15.9. The monoisotopic (exact) mass is 426 g/mol. The molecule has 8 nitrogen and oxygen atoms in total. The number of anilines is 1. The van der Waals surface area contributed by atoms with E-state index >= 15 is 0 Å². The number of halogens is 3. The number of carboxylic acid groups (broad SMARTS) is 1. The molecule has 2 heterocycles. The molecule has 1 aromatic carbocycles. The first-order chi connectivity index (χ1) is 14.1. The molecule has 0 aliphatic carbocycles. The molecule has 1 aliphatic rings. The number of aliphatic hydroxyl groups excluding tert-OH is 1. The molecule has 0 radical (unpaired) electrons. The first-order valence-corrected chi connectivity index (χ1v) is 9.22. The highest BCUT2D eigenvalue weighted by Crippen LogP contribution is 2.36. The van der Waals surface area contributed by atoms with Gasteiger partial charge in [-0.05, 0) is 49.6 Å². The number of carboxylic acids is 1. The number of aryl methyl sites for hydroxylation is 1. The highest BCUT2D eigenvalue weighted by molar-refractivity contribution is 5.73. The standard InChI is InChI=1S/C19H21F3N4O4/c1-9-6-15(24-11-3-5-13(23-8-11)17(28)18(29)30)25-26-16(9)12-4-2-10(7-14(12)27)19(20,21)22/h2,4,6-7,11,13,17,23,27-28H,3,5,8H2,1H3,(H,24,25)(H,29,30). The van der Waals surface area contributed by atoms with Crippen molar-refractivity contribution in [2.45, 2.75) is 44.1 Å². The number of aliphatic carboxylic acids is 1. The number of nitrogens with zero attached hydrogens (tertiary/aromatic N) is 2. The molecule has 0 spiro atoms. The maximum Gasteiger partial charge on any atom is 0.416 e. The van der Waals surface area contributed by atoms with Crippen LogP contribution in [0.5, 0.6) is 5.75 Å². The third kappa shape index (κ3) is 4.79. The number of benzene rings is 1. The van der Waals surface area contributed by atoms with Gasteiger partial charge in [0.15, 0.2) is 6.10 Å². The van der Waals surface area contributed by atoms with Gasteiger partial charge in [-0.25, -0.2) is 4.79 Å². The minimum absolute atomic E-state index is 0.0683. The average Bonchev–Trinajstić information content (AvgIpc) is 2.68. The van der Waals surface area contributed by atoms with Gasteiger partial charge in [0.05, 0.1) is 11.3 Å². The second-order valence-electron chi connectivity index (χ2n) is 7.21. The topological polar surface area (TPSA) is 128 Å². The van der Waals surface area contributed by atoms with Crippen LogP contribution in [0.3, 0.4) is 0 Å². The summed E-state index contributed by atoms with van der Waals surface area (Å²) in [5, 5.41) is 42.7. The van der Waals surface area contributed by atoms with Gasteiger partial charge in [0, 0.05) is 24.2 Å². The lowest BCUT2D eigenvalue weighted by molar-refractivity contribution is -0.148. The van der Waals surface area contributed by atoms with E-state index in [4.69, 9.17) is 5.11 Å². The number of aromatic nitrogens is 2. The van der Waals surface area contributed by atoms with Crippen LogP contribution in [-0.2, 0) is 11.0 Å². The second kappa shape index (κ2) is 8.44. The molecule has 1 aromatic heterocycles. The number of hydrogen-bond donors (Lipinski definition) is 5. The first kappa shape index (κ1) is 21.8. The van der Waals surface area contributed by atoms with Crippen molar-refractivity contribution in [3.8, 4) is 17.0 Å². The van der Waals surface area contributed by atoms with Gasteiger partial charge in [-0.3, -0.25) is 0 Å². The van der Waals surface area contributed by atoms with Crippen molar-refractivity contribution in [2.24, 2.45) is 0 Å². The van der Waals surface area contributed by atoms with Crippen molar-refractivity contribution < 1.29 is 33.3 Å². The summed E-state index contributed by atoms with van der Waals surface area (Å²) in [6.45, 7) is 2.11. The van der Waals surface area contributed by atoms with Gasteiger partial charge in [-0.15, -0.1) is 10.2 Å². The summed E-state index contributed by atoms with van der Waals surface area (Å²) in [6.07, 6.45) is -4.97. The molecule has 5 N–H and O–H groups in total. The zero-order valence-electron chi connectivity index (χ0n) is 15.9. The Morgan fingerprint density at radius 1 is 1.27 bits per heavy atom. The van der Waals surface area contributed by atoms with Crippen LogP contribution in [0.2, 0.25) is 0 Å². The SMILES string of the molecule is Cc1cc(NC2CCC(C(O)C(=O)O)NC2)nnc1-c1ccc(C(F)(F)F)cc1O. The van der Waals surface area contributed by atoms with E-state index in [1.165, 1.54) is 0 Å². The minimum Gasteiger partial charge on any atom is -0.507 e. The third-order valence-electron chi connectivity index (χ3n) is 5.00. The van der Waals surface area contributed by atoms with Gasteiger partial charge in [0.2, 0.25) is 0 Å². The fourth-order valence-corrected chi connectivity index (χ4v) is 3.38. The Bertz CT molecular complexity index is 930. The van der Waals surface area contributed by atoms with Crippen molar-refractivity contribution in [3.63, 3.8) is 0 Å². The van der Waals surface area contributed by atoms with Crippen LogP contribution < -0.4 is 10.6 Å². The van der Waals surface area contributed by atoms with Crippen molar-refractivity contribution in [2.75, 3.05) is 11.9 Å². The third-order valence-corrected chi connectivity index (χ3v) is 5.00. The summed E-state index contributed by atoms with van der Waals surface area (Å²) in [4.78, 5) is 10.9. The number of hydrogen-bond acceptors (Lipinski definition) is 7. The van der Waals surface area contributed by atoms with E-state index in [1.807, 2.05) is 0 Å². The van der Waals surface area contributed by atoms with Gasteiger partial charge in [0.1, 0.15) is 11.6 Å². The molecule has 3 atom stereocenters. The van der Waals surface area contributed by atoms with Crippen LogP contribution in [0, 0.1) is 6.92 Å². The van der Waals surface area contributed by atoms with Crippen LogP contribution in [0.4, 0.5) is 19.0 Å². The van der Waals surface area contributed by atoms with Crippen LogP contribution in [-0.4, -0.2) is 56.2 Å². The molecular formula is C19H21F3N4O4.